The molecule has 358 valence electrons. The lowest BCUT2D eigenvalue weighted by molar-refractivity contribution is 0.305. The van der Waals surface area contributed by atoms with E-state index in [4.69, 9.17) is 24.2 Å². The topological polar surface area (TPSA) is 105 Å². The predicted molar refractivity (Wildman–Crippen MR) is 291 cm³/mol. The third-order valence-corrected chi connectivity index (χ3v) is 13.1. The van der Waals surface area contributed by atoms with Gasteiger partial charge in [0.2, 0.25) is 0 Å². The highest BCUT2D eigenvalue weighted by molar-refractivity contribution is 6.00. The number of unbranched alkanes of at least 4 members (excludes halogenated alkanes) is 9. The summed E-state index contributed by atoms with van der Waals surface area (Å²) >= 11 is 0. The van der Waals surface area contributed by atoms with Crippen LogP contribution in [0.25, 0.3) is 90.9 Å². The van der Waals surface area contributed by atoms with Gasteiger partial charge in [0, 0.05) is 44.3 Å². The molecule has 7 aromatic rings. The van der Waals surface area contributed by atoms with E-state index in [0.717, 1.165) is 145 Å². The van der Waals surface area contributed by atoms with E-state index in [0.29, 0.717) is 19.8 Å². The Balaban J connectivity index is 1.30. The van der Waals surface area contributed by atoms with Crippen LogP contribution in [0.5, 0.6) is 23.0 Å². The molecule has 2 aliphatic heterocycles. The number of hydrogen-bond acceptors (Lipinski definition) is 6. The molecule has 0 unspecified atom stereocenters. The zero-order chi connectivity index (χ0) is 48.1. The van der Waals surface area contributed by atoms with Crippen LogP contribution in [0.4, 0.5) is 0 Å². The van der Waals surface area contributed by atoms with Crippen molar-refractivity contribution in [2.24, 2.45) is 0 Å². The standard InChI is InChI=1S/C62H66N4O4/c1-4-7-10-13-36-68-48-25-17-21-44(40-48)60-53-30-28-51(63-53)59(43-20-16-24-47(67)39-43)52-29-31-54(64-52)61(45-22-18-26-49(41-45)69-37-14-11-8-5-2)56-33-35-58(66-56)62(57-34-32-55(60)65-57)46-23-19-27-50(42-46)70-38-15-12-9-6-3/h16-35,39-42,63,66-67H,4-15,36-38H2,1-3H3. The largest absolute Gasteiger partial charge is 0.508 e. The van der Waals surface area contributed by atoms with Crippen LogP contribution in [-0.4, -0.2) is 44.9 Å². The van der Waals surface area contributed by atoms with Crippen LogP contribution in [0.15, 0.2) is 121 Å². The number of fused-ring (bicyclic) bond motifs is 8. The minimum Gasteiger partial charge on any atom is -0.508 e. The summed E-state index contributed by atoms with van der Waals surface area (Å²) in [6.07, 6.45) is 22.0. The zero-order valence-electron chi connectivity index (χ0n) is 41.0. The van der Waals surface area contributed by atoms with Crippen molar-refractivity contribution in [3.63, 3.8) is 0 Å². The molecule has 5 heterocycles. The van der Waals surface area contributed by atoms with Crippen LogP contribution < -0.4 is 14.2 Å². The third kappa shape index (κ3) is 11.4. The maximum absolute atomic E-state index is 10.9. The van der Waals surface area contributed by atoms with E-state index in [1.165, 1.54) is 38.5 Å². The van der Waals surface area contributed by atoms with Crippen molar-refractivity contribution in [2.75, 3.05) is 19.8 Å². The van der Waals surface area contributed by atoms with Crippen molar-refractivity contribution >= 4 is 46.4 Å². The Kier molecular flexibility index (Phi) is 15.9. The van der Waals surface area contributed by atoms with E-state index in [1.807, 2.05) is 30.3 Å². The summed E-state index contributed by atoms with van der Waals surface area (Å²) in [5.41, 5.74) is 14.2. The van der Waals surface area contributed by atoms with Crippen molar-refractivity contribution in [3.05, 3.63) is 144 Å². The number of hydrogen-bond donors (Lipinski definition) is 3. The number of nitrogens with zero attached hydrogens (tertiary/aromatic N) is 2. The Morgan fingerprint density at radius 1 is 0.371 bits per heavy atom. The van der Waals surface area contributed by atoms with E-state index in [1.54, 1.807) is 12.1 Å². The first-order valence-corrected chi connectivity index (χ1v) is 25.6. The normalized spacial score (nSPS) is 11.9. The van der Waals surface area contributed by atoms with Gasteiger partial charge in [0.1, 0.15) is 23.0 Å². The fourth-order valence-corrected chi connectivity index (χ4v) is 9.46. The summed E-state index contributed by atoms with van der Waals surface area (Å²) in [5, 5.41) is 10.9. The minimum atomic E-state index is 0.178. The van der Waals surface area contributed by atoms with Crippen LogP contribution in [0.1, 0.15) is 121 Å². The number of phenols is 1. The third-order valence-electron chi connectivity index (χ3n) is 13.1. The van der Waals surface area contributed by atoms with E-state index >= 15 is 0 Å². The van der Waals surface area contributed by atoms with E-state index < -0.39 is 0 Å². The van der Waals surface area contributed by atoms with Crippen molar-refractivity contribution in [1.29, 1.82) is 0 Å². The second-order valence-corrected chi connectivity index (χ2v) is 18.4. The quantitative estimate of drug-likeness (QED) is 0.0585. The SMILES string of the molecule is CCCCCCOc1cccc(-c2c3nc(c(-c4cccc(OCCCCCC)c4)c4ccc([nH]4)c(-c4cccc(OCCCCCC)c4)c4nc(c(-c5cccc(O)c5)c5ccc2[nH]5)C=C4)C=C3)c1. The highest BCUT2D eigenvalue weighted by atomic mass is 16.5. The number of H-pyrrole nitrogens is 2. The lowest BCUT2D eigenvalue weighted by atomic mass is 10.0. The highest BCUT2D eigenvalue weighted by Crippen LogP contribution is 2.40. The van der Waals surface area contributed by atoms with Crippen LogP contribution in [0.3, 0.4) is 0 Å². The molecule has 3 aromatic heterocycles. The Morgan fingerprint density at radius 3 is 1.00 bits per heavy atom. The average Bonchev–Trinajstić information content (AvgIpc) is 4.23. The molecule has 0 saturated carbocycles. The van der Waals surface area contributed by atoms with Crippen LogP contribution in [0, 0.1) is 0 Å². The van der Waals surface area contributed by atoms with Crippen molar-refractivity contribution in [2.45, 2.75) is 97.8 Å². The molecule has 0 aliphatic carbocycles. The van der Waals surface area contributed by atoms with Crippen molar-refractivity contribution in [3.8, 4) is 67.5 Å². The molecular weight excluding hydrogens is 865 g/mol. The molecule has 0 atom stereocenters. The van der Waals surface area contributed by atoms with Gasteiger partial charge in [0.25, 0.3) is 0 Å². The molecule has 70 heavy (non-hydrogen) atoms. The van der Waals surface area contributed by atoms with E-state index in [2.05, 4.69) is 134 Å². The summed E-state index contributed by atoms with van der Waals surface area (Å²) < 4.78 is 19.1. The summed E-state index contributed by atoms with van der Waals surface area (Å²) in [6, 6.07) is 41.0. The lowest BCUT2D eigenvalue weighted by Gasteiger charge is -2.10. The van der Waals surface area contributed by atoms with Gasteiger partial charge in [-0.1, -0.05) is 127 Å². The zero-order valence-corrected chi connectivity index (χ0v) is 41.0. The van der Waals surface area contributed by atoms with Crippen molar-refractivity contribution < 1.29 is 19.3 Å². The van der Waals surface area contributed by atoms with Crippen LogP contribution in [-0.2, 0) is 0 Å². The molecular formula is C62H66N4O4. The lowest BCUT2D eigenvalue weighted by Crippen LogP contribution is -1.97. The Hall–Kier alpha value is -7.32. The molecule has 3 N–H and O–H groups in total. The van der Waals surface area contributed by atoms with Gasteiger partial charge in [-0.25, -0.2) is 9.97 Å². The first-order valence-electron chi connectivity index (χ1n) is 25.6. The Labute approximate surface area is 413 Å². The number of nitrogens with one attached hydrogen (secondary N) is 2. The fraction of sp³-hybridized carbons (Fsp3) is 0.290. The van der Waals surface area contributed by atoms with E-state index in [9.17, 15) is 5.11 Å². The maximum atomic E-state index is 10.9. The molecule has 0 radical (unpaired) electrons. The monoisotopic (exact) mass is 931 g/mol. The van der Waals surface area contributed by atoms with Gasteiger partial charge in [0.05, 0.1) is 42.6 Å². The average molecular weight is 931 g/mol. The Morgan fingerprint density at radius 2 is 0.686 bits per heavy atom. The van der Waals surface area contributed by atoms with Crippen LogP contribution >= 0.6 is 0 Å². The smallest absolute Gasteiger partial charge is 0.119 e. The van der Waals surface area contributed by atoms with Crippen LogP contribution in [0.2, 0.25) is 0 Å². The Bertz CT molecular complexity index is 3080. The first kappa shape index (κ1) is 47.7. The molecule has 2 aliphatic rings. The second-order valence-electron chi connectivity index (χ2n) is 18.4. The molecule has 0 fully saturated rings. The molecule has 0 amide bonds. The summed E-state index contributed by atoms with van der Waals surface area (Å²) in [7, 11) is 0. The van der Waals surface area contributed by atoms with Gasteiger partial charge in [0.15, 0.2) is 0 Å². The maximum Gasteiger partial charge on any atom is 0.119 e. The van der Waals surface area contributed by atoms with Crippen molar-refractivity contribution in [1.82, 2.24) is 19.9 Å². The molecule has 8 nitrogen and oxygen atoms in total. The summed E-state index contributed by atoms with van der Waals surface area (Å²) in [4.78, 5) is 18.7. The van der Waals surface area contributed by atoms with Gasteiger partial charge in [-0.05, 0) is 139 Å². The molecule has 9 rings (SSSR count). The molecule has 4 aromatic carbocycles. The van der Waals surface area contributed by atoms with Gasteiger partial charge in [-0.15, -0.1) is 0 Å². The number of phenolic OH excluding ortho intramolecular Hbond substituents is 1. The minimum absolute atomic E-state index is 0.178. The molecule has 0 spiro atoms. The number of aromatic amines is 2. The van der Waals surface area contributed by atoms with Gasteiger partial charge in [-0.3, -0.25) is 0 Å². The number of rotatable bonds is 22. The van der Waals surface area contributed by atoms with Gasteiger partial charge >= 0.3 is 0 Å². The van der Waals surface area contributed by atoms with E-state index in [-0.39, 0.29) is 5.75 Å². The molecule has 8 bridgehead atoms. The van der Waals surface area contributed by atoms with Gasteiger partial charge in [-0.2, -0.15) is 0 Å². The number of aromatic nitrogens is 4. The second kappa shape index (κ2) is 23.3. The fourth-order valence-electron chi connectivity index (χ4n) is 9.46. The molecule has 8 heteroatoms. The number of benzene rings is 4. The summed E-state index contributed by atoms with van der Waals surface area (Å²) in [6.45, 7) is 8.68. The summed E-state index contributed by atoms with van der Waals surface area (Å²) in [5.74, 6) is 2.65. The predicted octanol–water partition coefficient (Wildman–Crippen LogP) is 16.9. The first-order chi connectivity index (χ1) is 34.5. The highest BCUT2D eigenvalue weighted by Gasteiger charge is 2.20. The van der Waals surface area contributed by atoms with Gasteiger partial charge < -0.3 is 29.3 Å². The number of aromatic hydroxyl groups is 1. The number of ether oxygens (including phenoxy) is 3. The molecule has 0 saturated heterocycles.